The SMILES string of the molecule is O=C1NC(=Nc2ccccc2[N+](=O)[O-])S/C1=C\c1ccc2nonc2c1. The topological polar surface area (TPSA) is 124 Å². The van der Waals surface area contributed by atoms with Gasteiger partial charge in [0.1, 0.15) is 16.7 Å². The molecular formula is C16H9N5O4S. The van der Waals surface area contributed by atoms with Crippen molar-refractivity contribution >= 4 is 51.3 Å². The number of carbonyl (C=O) groups excluding carboxylic acids is 1. The Morgan fingerprint density at radius 1 is 1.19 bits per heavy atom. The van der Waals surface area contributed by atoms with E-state index in [1.807, 2.05) is 0 Å². The number of nitro groups is 1. The number of thioether (sulfide) groups is 1. The third-order valence-electron chi connectivity index (χ3n) is 3.53. The number of rotatable bonds is 3. The lowest BCUT2D eigenvalue weighted by molar-refractivity contribution is -0.384. The van der Waals surface area contributed by atoms with E-state index in [-0.39, 0.29) is 22.4 Å². The van der Waals surface area contributed by atoms with E-state index in [1.165, 1.54) is 12.1 Å². The second-order valence-corrected chi connectivity index (χ2v) is 6.27. The van der Waals surface area contributed by atoms with Crippen LogP contribution in [0.1, 0.15) is 5.56 Å². The first-order valence-electron chi connectivity index (χ1n) is 7.35. The van der Waals surface area contributed by atoms with Crippen LogP contribution in [0.4, 0.5) is 11.4 Å². The zero-order chi connectivity index (χ0) is 18.1. The summed E-state index contributed by atoms with van der Waals surface area (Å²) < 4.78 is 4.65. The highest BCUT2D eigenvalue weighted by Crippen LogP contribution is 2.32. The Balaban J connectivity index is 1.63. The number of hydrogen-bond acceptors (Lipinski definition) is 8. The van der Waals surface area contributed by atoms with Crippen LogP contribution in [0.5, 0.6) is 0 Å². The minimum atomic E-state index is -0.515. The van der Waals surface area contributed by atoms with Crippen LogP contribution in [0.25, 0.3) is 17.1 Å². The molecule has 1 saturated heterocycles. The van der Waals surface area contributed by atoms with Gasteiger partial charge in [-0.2, -0.15) is 0 Å². The summed E-state index contributed by atoms with van der Waals surface area (Å²) in [5.41, 5.74) is 2.00. The number of amides is 1. The molecule has 0 aliphatic carbocycles. The van der Waals surface area contributed by atoms with Crippen LogP contribution in [-0.4, -0.2) is 26.3 Å². The second kappa shape index (κ2) is 6.41. The number of nitrogens with one attached hydrogen (secondary N) is 1. The van der Waals surface area contributed by atoms with Crippen molar-refractivity contribution in [1.29, 1.82) is 0 Å². The van der Waals surface area contributed by atoms with Gasteiger partial charge in [-0.15, -0.1) is 0 Å². The highest BCUT2D eigenvalue weighted by Gasteiger charge is 2.25. The maximum Gasteiger partial charge on any atom is 0.294 e. The van der Waals surface area contributed by atoms with Crippen molar-refractivity contribution in [3.63, 3.8) is 0 Å². The average molecular weight is 367 g/mol. The van der Waals surface area contributed by atoms with E-state index >= 15 is 0 Å². The Labute approximate surface area is 149 Å². The third-order valence-corrected chi connectivity index (χ3v) is 4.44. The van der Waals surface area contributed by atoms with Crippen LogP contribution >= 0.6 is 11.8 Å². The Bertz CT molecular complexity index is 1100. The molecule has 0 radical (unpaired) electrons. The molecule has 1 amide bonds. The van der Waals surface area contributed by atoms with Gasteiger partial charge in [-0.3, -0.25) is 14.9 Å². The number of fused-ring (bicyclic) bond motifs is 1. The third kappa shape index (κ3) is 3.05. The zero-order valence-corrected chi connectivity index (χ0v) is 13.8. The number of nitro benzene ring substituents is 1. The Morgan fingerprint density at radius 2 is 2.00 bits per heavy atom. The van der Waals surface area contributed by atoms with E-state index in [4.69, 9.17) is 0 Å². The average Bonchev–Trinajstić information content (AvgIpc) is 3.21. The van der Waals surface area contributed by atoms with Gasteiger partial charge in [-0.1, -0.05) is 18.2 Å². The maximum atomic E-state index is 12.2. The quantitative estimate of drug-likeness (QED) is 0.429. The summed E-state index contributed by atoms with van der Waals surface area (Å²) in [6, 6.07) is 11.3. The molecule has 26 heavy (non-hydrogen) atoms. The van der Waals surface area contributed by atoms with E-state index in [2.05, 4.69) is 25.3 Å². The number of aliphatic imine (C=N–C) groups is 1. The van der Waals surface area contributed by atoms with E-state index in [0.717, 1.165) is 17.3 Å². The predicted molar refractivity (Wildman–Crippen MR) is 95.7 cm³/mol. The molecule has 1 aromatic heterocycles. The van der Waals surface area contributed by atoms with Crippen molar-refractivity contribution in [1.82, 2.24) is 15.6 Å². The molecule has 4 rings (SSSR count). The zero-order valence-electron chi connectivity index (χ0n) is 12.9. The van der Waals surface area contributed by atoms with Crippen molar-refractivity contribution in [2.24, 2.45) is 4.99 Å². The molecule has 2 aromatic carbocycles. The lowest BCUT2D eigenvalue weighted by atomic mass is 10.2. The molecule has 0 unspecified atom stereocenters. The first-order chi connectivity index (χ1) is 12.6. The number of carbonyl (C=O) groups is 1. The van der Waals surface area contributed by atoms with Gasteiger partial charge in [0, 0.05) is 6.07 Å². The summed E-state index contributed by atoms with van der Waals surface area (Å²) in [5.74, 6) is -0.328. The van der Waals surface area contributed by atoms with E-state index in [0.29, 0.717) is 15.9 Å². The molecular weight excluding hydrogens is 358 g/mol. The number of hydrogen-bond donors (Lipinski definition) is 1. The van der Waals surface area contributed by atoms with Gasteiger partial charge in [0.15, 0.2) is 5.17 Å². The van der Waals surface area contributed by atoms with Gasteiger partial charge in [0.25, 0.3) is 11.6 Å². The van der Waals surface area contributed by atoms with Crippen LogP contribution in [0, 0.1) is 10.1 Å². The van der Waals surface area contributed by atoms with Crippen LogP contribution in [0.2, 0.25) is 0 Å². The fourth-order valence-electron chi connectivity index (χ4n) is 2.34. The Morgan fingerprint density at radius 3 is 2.85 bits per heavy atom. The standard InChI is InChI=1S/C16H9N5O4S/c22-15-14(8-9-5-6-10-12(7-9)20-25-19-10)26-16(18-15)17-11-3-1-2-4-13(11)21(23)24/h1-8H,(H,17,18,22)/b14-8-. The summed E-state index contributed by atoms with van der Waals surface area (Å²) in [5, 5.41) is 21.4. The predicted octanol–water partition coefficient (Wildman–Crippen LogP) is 3.02. The van der Waals surface area contributed by atoms with Gasteiger partial charge < -0.3 is 5.32 Å². The Hall–Kier alpha value is -3.53. The molecule has 1 aliphatic rings. The number of amidine groups is 1. The highest BCUT2D eigenvalue weighted by atomic mass is 32.2. The normalized spacial score (nSPS) is 17.2. The van der Waals surface area contributed by atoms with E-state index in [9.17, 15) is 14.9 Å². The number of para-hydroxylation sites is 2. The summed E-state index contributed by atoms with van der Waals surface area (Å²) in [7, 11) is 0. The molecule has 3 aromatic rings. The molecule has 0 bridgehead atoms. The molecule has 1 fully saturated rings. The number of benzene rings is 2. The lowest BCUT2D eigenvalue weighted by Gasteiger charge is -1.98. The maximum absolute atomic E-state index is 12.2. The van der Waals surface area contributed by atoms with Gasteiger partial charge in [0.05, 0.1) is 9.83 Å². The molecule has 9 nitrogen and oxygen atoms in total. The van der Waals surface area contributed by atoms with Crippen LogP contribution in [0.3, 0.4) is 0 Å². The molecule has 2 heterocycles. The number of nitrogens with zero attached hydrogens (tertiary/aromatic N) is 4. The van der Waals surface area contributed by atoms with Crippen molar-refractivity contribution in [3.8, 4) is 0 Å². The minimum Gasteiger partial charge on any atom is -0.300 e. The van der Waals surface area contributed by atoms with Crippen LogP contribution < -0.4 is 5.32 Å². The smallest absolute Gasteiger partial charge is 0.294 e. The van der Waals surface area contributed by atoms with Crippen molar-refractivity contribution in [3.05, 3.63) is 63.0 Å². The molecule has 1 N–H and O–H groups in total. The van der Waals surface area contributed by atoms with Gasteiger partial charge in [-0.25, -0.2) is 9.62 Å². The van der Waals surface area contributed by atoms with Gasteiger partial charge in [0.2, 0.25) is 0 Å². The van der Waals surface area contributed by atoms with Crippen LogP contribution in [-0.2, 0) is 4.79 Å². The van der Waals surface area contributed by atoms with Crippen molar-refractivity contribution < 1.29 is 14.3 Å². The minimum absolute atomic E-state index is 0.128. The summed E-state index contributed by atoms with van der Waals surface area (Å²) in [6.45, 7) is 0. The summed E-state index contributed by atoms with van der Waals surface area (Å²) >= 11 is 1.10. The summed E-state index contributed by atoms with van der Waals surface area (Å²) in [4.78, 5) is 27.3. The van der Waals surface area contributed by atoms with E-state index < -0.39 is 4.92 Å². The van der Waals surface area contributed by atoms with E-state index in [1.54, 1.807) is 36.4 Å². The molecule has 1 aliphatic heterocycles. The fraction of sp³-hybridized carbons (Fsp3) is 0. The second-order valence-electron chi connectivity index (χ2n) is 5.24. The Kier molecular flexibility index (Phi) is 3.93. The van der Waals surface area contributed by atoms with Crippen molar-refractivity contribution in [2.45, 2.75) is 0 Å². The largest absolute Gasteiger partial charge is 0.300 e. The monoisotopic (exact) mass is 367 g/mol. The van der Waals surface area contributed by atoms with Gasteiger partial charge >= 0.3 is 0 Å². The number of aromatic nitrogens is 2. The molecule has 0 saturated carbocycles. The lowest BCUT2D eigenvalue weighted by Crippen LogP contribution is -2.19. The highest BCUT2D eigenvalue weighted by molar-refractivity contribution is 8.18. The molecule has 10 heteroatoms. The van der Waals surface area contributed by atoms with Gasteiger partial charge in [-0.05, 0) is 51.9 Å². The molecule has 0 spiro atoms. The first kappa shape index (κ1) is 16.0. The van der Waals surface area contributed by atoms with Crippen LogP contribution in [0.15, 0.2) is 57.0 Å². The summed E-state index contributed by atoms with van der Waals surface area (Å²) in [6.07, 6.45) is 1.68. The fourth-order valence-corrected chi connectivity index (χ4v) is 3.18. The first-order valence-corrected chi connectivity index (χ1v) is 8.17. The molecule has 0 atom stereocenters. The van der Waals surface area contributed by atoms with Crippen molar-refractivity contribution in [2.75, 3.05) is 0 Å². The molecule has 128 valence electrons.